The molecule has 0 rings (SSSR count). The van der Waals surface area contributed by atoms with Crippen LogP contribution in [0.5, 0.6) is 0 Å². The van der Waals surface area contributed by atoms with Crippen LogP contribution in [0.25, 0.3) is 0 Å². The zero-order valence-electron chi connectivity index (χ0n) is 4.66. The summed E-state index contributed by atoms with van der Waals surface area (Å²) in [4.78, 5) is 0. The normalized spacial score (nSPS) is 17.9. The Morgan fingerprint density at radius 2 is 2.38 bits per heavy atom. The van der Waals surface area contributed by atoms with Crippen LogP contribution in [-0.4, -0.2) is 25.7 Å². The third-order valence-corrected chi connectivity index (χ3v) is 1.27. The van der Waals surface area contributed by atoms with E-state index in [1.54, 1.807) is 6.92 Å². The summed E-state index contributed by atoms with van der Waals surface area (Å²) < 4.78 is 19.6. The second kappa shape index (κ2) is 4.00. The van der Waals surface area contributed by atoms with Gasteiger partial charge in [-0.25, -0.2) is 0 Å². The lowest BCUT2D eigenvalue weighted by Gasteiger charge is -2.05. The van der Waals surface area contributed by atoms with E-state index >= 15 is 0 Å². The van der Waals surface area contributed by atoms with E-state index < -0.39 is 17.2 Å². The molecule has 0 aliphatic carbocycles. The molecular weight excluding hydrogens is 128 g/mol. The molecule has 0 radical (unpaired) electrons. The highest BCUT2D eigenvalue weighted by atomic mass is 32.2. The van der Waals surface area contributed by atoms with E-state index in [4.69, 9.17) is 5.11 Å². The Morgan fingerprint density at radius 1 is 1.88 bits per heavy atom. The summed E-state index contributed by atoms with van der Waals surface area (Å²) in [5, 5.41) is 8.53. The Labute approximate surface area is 51.0 Å². The van der Waals surface area contributed by atoms with Gasteiger partial charge in [-0.2, -0.15) is 0 Å². The molecule has 0 saturated carbocycles. The maximum atomic E-state index is 9.79. The standard InChI is InChI=1S/C4H10O3S/c1-4(5)2-3-8(6)7/h4-5H,2-3H2,1H3,(H,6,7)/p-1. The largest absolute Gasteiger partial charge is 0.772 e. The molecule has 4 heteroatoms. The SMILES string of the molecule is CC(O)CCS(=O)[O-]. The molecule has 0 saturated heterocycles. The van der Waals surface area contributed by atoms with E-state index in [2.05, 4.69) is 0 Å². The van der Waals surface area contributed by atoms with Crippen LogP contribution >= 0.6 is 0 Å². The van der Waals surface area contributed by atoms with E-state index in [-0.39, 0.29) is 5.75 Å². The lowest BCUT2D eigenvalue weighted by Crippen LogP contribution is -2.05. The fraction of sp³-hybridized carbons (Fsp3) is 1.00. The molecule has 0 aromatic heterocycles. The lowest BCUT2D eigenvalue weighted by atomic mass is 10.3. The van der Waals surface area contributed by atoms with Gasteiger partial charge in [0.1, 0.15) is 0 Å². The first-order valence-electron chi connectivity index (χ1n) is 2.37. The van der Waals surface area contributed by atoms with Crippen LogP contribution in [0.4, 0.5) is 0 Å². The first-order valence-corrected chi connectivity index (χ1v) is 3.61. The third kappa shape index (κ3) is 6.07. The molecule has 2 unspecified atom stereocenters. The van der Waals surface area contributed by atoms with Crippen LogP contribution in [0.15, 0.2) is 0 Å². The van der Waals surface area contributed by atoms with E-state index in [9.17, 15) is 8.76 Å². The van der Waals surface area contributed by atoms with Crippen molar-refractivity contribution >= 4 is 11.1 Å². The minimum Gasteiger partial charge on any atom is -0.772 e. The Bertz CT molecular complexity index is 81.4. The van der Waals surface area contributed by atoms with Gasteiger partial charge in [0.2, 0.25) is 0 Å². The van der Waals surface area contributed by atoms with Gasteiger partial charge in [-0.15, -0.1) is 0 Å². The molecule has 50 valence electrons. The summed E-state index contributed by atoms with van der Waals surface area (Å²) in [7, 11) is 0. The van der Waals surface area contributed by atoms with E-state index in [0.717, 1.165) is 0 Å². The molecule has 0 aliphatic rings. The quantitative estimate of drug-likeness (QED) is 0.540. The lowest BCUT2D eigenvalue weighted by molar-refractivity contribution is 0.191. The summed E-state index contributed by atoms with van der Waals surface area (Å²) in [6.45, 7) is 1.56. The molecule has 1 N–H and O–H groups in total. The summed E-state index contributed by atoms with van der Waals surface area (Å²) in [6, 6.07) is 0. The van der Waals surface area contributed by atoms with Gasteiger partial charge in [0.25, 0.3) is 0 Å². The number of hydrogen-bond acceptors (Lipinski definition) is 3. The molecule has 2 atom stereocenters. The van der Waals surface area contributed by atoms with Crippen LogP contribution < -0.4 is 0 Å². The molecule has 0 aromatic rings. The molecule has 0 fully saturated rings. The number of aliphatic hydroxyl groups is 1. The van der Waals surface area contributed by atoms with Gasteiger partial charge in [-0.05, 0) is 13.3 Å². The molecule has 0 bridgehead atoms. The highest BCUT2D eigenvalue weighted by Gasteiger charge is 1.92. The van der Waals surface area contributed by atoms with Gasteiger partial charge in [-0.1, -0.05) is 11.1 Å². The van der Waals surface area contributed by atoms with Gasteiger partial charge in [0.15, 0.2) is 0 Å². The van der Waals surface area contributed by atoms with Crippen molar-refractivity contribution in [1.82, 2.24) is 0 Å². The van der Waals surface area contributed by atoms with E-state index in [0.29, 0.717) is 6.42 Å². The fourth-order valence-corrected chi connectivity index (χ4v) is 0.800. The zero-order chi connectivity index (χ0) is 6.57. The van der Waals surface area contributed by atoms with Gasteiger partial charge >= 0.3 is 0 Å². The number of hydrogen-bond donors (Lipinski definition) is 1. The molecule has 0 spiro atoms. The summed E-state index contributed by atoms with van der Waals surface area (Å²) in [5.41, 5.74) is 0. The van der Waals surface area contributed by atoms with Crippen LogP contribution in [0.3, 0.4) is 0 Å². The van der Waals surface area contributed by atoms with Crippen molar-refractivity contribution in [2.45, 2.75) is 19.4 Å². The highest BCUT2D eigenvalue weighted by Crippen LogP contribution is 1.89. The molecule has 8 heavy (non-hydrogen) atoms. The van der Waals surface area contributed by atoms with Gasteiger partial charge < -0.3 is 9.66 Å². The summed E-state index contributed by atoms with van der Waals surface area (Å²) in [5.74, 6) is 0.0532. The Morgan fingerprint density at radius 3 is 2.50 bits per heavy atom. The van der Waals surface area contributed by atoms with Crippen molar-refractivity contribution in [2.75, 3.05) is 5.75 Å². The topological polar surface area (TPSA) is 60.4 Å². The molecule has 3 nitrogen and oxygen atoms in total. The monoisotopic (exact) mass is 137 g/mol. The number of rotatable bonds is 3. The predicted molar refractivity (Wildman–Crippen MR) is 30.1 cm³/mol. The minimum absolute atomic E-state index is 0.0532. The zero-order valence-corrected chi connectivity index (χ0v) is 5.48. The Kier molecular flexibility index (Phi) is 4.03. The predicted octanol–water partition coefficient (Wildman–Crippen LogP) is -0.364. The van der Waals surface area contributed by atoms with Crippen LogP contribution in [0, 0.1) is 0 Å². The Hall–Kier alpha value is 0.0700. The summed E-state index contributed by atoms with van der Waals surface area (Å²) in [6.07, 6.45) is -0.177. The second-order valence-electron chi connectivity index (χ2n) is 1.65. The van der Waals surface area contributed by atoms with Crippen molar-refractivity contribution in [3.8, 4) is 0 Å². The minimum atomic E-state index is -2.00. The van der Waals surface area contributed by atoms with Gasteiger partial charge in [-0.3, -0.25) is 4.21 Å². The second-order valence-corrected chi connectivity index (χ2v) is 2.66. The highest BCUT2D eigenvalue weighted by molar-refractivity contribution is 7.79. The molecule has 0 aliphatic heterocycles. The fourth-order valence-electron chi connectivity index (χ4n) is 0.267. The van der Waals surface area contributed by atoms with Gasteiger partial charge in [0.05, 0.1) is 6.10 Å². The van der Waals surface area contributed by atoms with Crippen molar-refractivity contribution in [2.24, 2.45) is 0 Å². The smallest absolute Gasteiger partial charge is 0.0520 e. The molecular formula is C4H9O3S-. The average Bonchev–Trinajstić information content (AvgIpc) is 1.61. The average molecular weight is 137 g/mol. The van der Waals surface area contributed by atoms with E-state index in [1.807, 2.05) is 0 Å². The molecule has 0 aromatic carbocycles. The van der Waals surface area contributed by atoms with Crippen molar-refractivity contribution in [3.63, 3.8) is 0 Å². The molecule has 0 amide bonds. The molecule has 0 heterocycles. The summed E-state index contributed by atoms with van der Waals surface area (Å²) >= 11 is -2.00. The maximum absolute atomic E-state index is 9.79. The van der Waals surface area contributed by atoms with E-state index in [1.165, 1.54) is 0 Å². The maximum Gasteiger partial charge on any atom is 0.0520 e. The first kappa shape index (κ1) is 8.07. The van der Waals surface area contributed by atoms with Gasteiger partial charge in [0, 0.05) is 5.75 Å². The van der Waals surface area contributed by atoms with Crippen LogP contribution in [-0.2, 0) is 11.1 Å². The number of aliphatic hydroxyl groups excluding tert-OH is 1. The third-order valence-electron chi connectivity index (χ3n) is 0.702. The van der Waals surface area contributed by atoms with Crippen molar-refractivity contribution in [3.05, 3.63) is 0 Å². The van der Waals surface area contributed by atoms with Crippen LogP contribution in [0.1, 0.15) is 13.3 Å². The van der Waals surface area contributed by atoms with Crippen molar-refractivity contribution in [1.29, 1.82) is 0 Å². The first-order chi connectivity index (χ1) is 3.63. The Balaban J connectivity index is 3.05. The van der Waals surface area contributed by atoms with Crippen LogP contribution in [0.2, 0.25) is 0 Å². The van der Waals surface area contributed by atoms with Crippen molar-refractivity contribution < 1.29 is 13.9 Å².